The Balaban J connectivity index is 2.93. The zero-order valence-corrected chi connectivity index (χ0v) is 8.77. The molecule has 0 saturated heterocycles. The van der Waals surface area contributed by atoms with Crippen molar-refractivity contribution in [3.8, 4) is 0 Å². The summed E-state index contributed by atoms with van der Waals surface area (Å²) in [6.07, 6.45) is 0. The van der Waals surface area contributed by atoms with Gasteiger partial charge in [-0.15, -0.1) is 0 Å². The fourth-order valence-electron chi connectivity index (χ4n) is 1.25. The highest BCUT2D eigenvalue weighted by Gasteiger charge is 2.14. The van der Waals surface area contributed by atoms with Crippen LogP contribution in [0.4, 0.5) is 10.2 Å². The highest BCUT2D eigenvalue weighted by Crippen LogP contribution is 2.13. The van der Waals surface area contributed by atoms with Crippen molar-refractivity contribution in [1.29, 1.82) is 0 Å². The monoisotopic (exact) mass is 211 g/mol. The van der Waals surface area contributed by atoms with Crippen molar-refractivity contribution in [1.82, 2.24) is 4.98 Å². The minimum Gasteiger partial charge on any atom is -0.368 e. The number of carbonyl (C=O) groups is 1. The van der Waals surface area contributed by atoms with Gasteiger partial charge >= 0.3 is 0 Å². The molecule has 0 aliphatic heterocycles. The van der Waals surface area contributed by atoms with Gasteiger partial charge in [0.15, 0.2) is 0 Å². The number of halogens is 1. The fourth-order valence-corrected chi connectivity index (χ4v) is 1.25. The van der Waals surface area contributed by atoms with Crippen LogP contribution in [0.15, 0.2) is 18.2 Å². The average molecular weight is 211 g/mol. The zero-order chi connectivity index (χ0) is 11.4. The Morgan fingerprint density at radius 3 is 2.73 bits per heavy atom. The van der Waals surface area contributed by atoms with E-state index >= 15 is 0 Å². The quantitative estimate of drug-likeness (QED) is 0.753. The summed E-state index contributed by atoms with van der Waals surface area (Å²) in [5, 5.41) is 0. The van der Waals surface area contributed by atoms with Crippen LogP contribution in [0.2, 0.25) is 0 Å². The number of amides is 1. The predicted molar refractivity (Wildman–Crippen MR) is 55.9 cm³/mol. The van der Waals surface area contributed by atoms with E-state index < -0.39 is 11.9 Å². The first-order valence-corrected chi connectivity index (χ1v) is 4.68. The topological polar surface area (TPSA) is 59.2 Å². The molecule has 1 aromatic rings. The van der Waals surface area contributed by atoms with E-state index in [1.165, 1.54) is 6.07 Å². The number of anilines is 1. The lowest BCUT2D eigenvalue weighted by Gasteiger charge is -2.26. The molecular formula is C10H14FN3O. The molecule has 4 nitrogen and oxygen atoms in total. The Bertz CT molecular complexity index is 354. The summed E-state index contributed by atoms with van der Waals surface area (Å²) in [7, 11) is 0. The third-order valence-electron chi connectivity index (χ3n) is 1.94. The highest BCUT2D eigenvalue weighted by atomic mass is 19.1. The normalized spacial score (nSPS) is 10.4. The van der Waals surface area contributed by atoms with E-state index in [0.717, 1.165) is 0 Å². The molecule has 0 radical (unpaired) electrons. The van der Waals surface area contributed by atoms with Gasteiger partial charge in [0.05, 0.1) is 6.54 Å². The maximum absolute atomic E-state index is 12.9. The van der Waals surface area contributed by atoms with Gasteiger partial charge in [0, 0.05) is 6.04 Å². The molecule has 2 N–H and O–H groups in total. The molecule has 0 aliphatic carbocycles. The van der Waals surface area contributed by atoms with Gasteiger partial charge in [0.25, 0.3) is 0 Å². The van der Waals surface area contributed by atoms with Crippen molar-refractivity contribution >= 4 is 11.7 Å². The maximum Gasteiger partial charge on any atom is 0.237 e. The number of nitrogens with two attached hydrogens (primary N) is 1. The lowest BCUT2D eigenvalue weighted by Crippen LogP contribution is -2.39. The van der Waals surface area contributed by atoms with Crippen LogP contribution in [0, 0.1) is 5.95 Å². The molecule has 1 heterocycles. The molecule has 0 unspecified atom stereocenters. The molecule has 0 bridgehead atoms. The zero-order valence-electron chi connectivity index (χ0n) is 8.77. The van der Waals surface area contributed by atoms with Crippen LogP contribution < -0.4 is 10.6 Å². The minimum atomic E-state index is -0.567. The molecular weight excluding hydrogens is 197 g/mol. The van der Waals surface area contributed by atoms with Crippen molar-refractivity contribution in [2.45, 2.75) is 19.9 Å². The third-order valence-corrected chi connectivity index (χ3v) is 1.94. The second-order valence-corrected chi connectivity index (χ2v) is 3.51. The van der Waals surface area contributed by atoms with Crippen LogP contribution in [-0.4, -0.2) is 23.5 Å². The Labute approximate surface area is 87.9 Å². The van der Waals surface area contributed by atoms with Gasteiger partial charge in [-0.05, 0) is 26.0 Å². The van der Waals surface area contributed by atoms with Gasteiger partial charge in [0.2, 0.25) is 11.9 Å². The minimum absolute atomic E-state index is 0.0341. The summed E-state index contributed by atoms with van der Waals surface area (Å²) in [4.78, 5) is 16.2. The maximum atomic E-state index is 12.9. The molecule has 0 spiro atoms. The number of pyridine rings is 1. The van der Waals surface area contributed by atoms with Crippen molar-refractivity contribution in [2.24, 2.45) is 5.73 Å². The molecule has 0 aromatic carbocycles. The number of hydrogen-bond acceptors (Lipinski definition) is 3. The summed E-state index contributed by atoms with van der Waals surface area (Å²) in [6, 6.07) is 4.48. The molecule has 82 valence electrons. The standard InChI is InChI=1S/C10H14FN3O/c1-7(2)14(6-9(12)15)10-5-3-4-8(11)13-10/h3-5,7H,6H2,1-2H3,(H2,12,15). The first-order chi connectivity index (χ1) is 7.00. The molecule has 1 rings (SSSR count). The molecule has 5 heteroatoms. The second kappa shape index (κ2) is 4.72. The third kappa shape index (κ3) is 3.19. The number of carbonyl (C=O) groups excluding carboxylic acids is 1. The van der Waals surface area contributed by atoms with Crippen LogP contribution in [0.5, 0.6) is 0 Å². The Morgan fingerprint density at radius 2 is 2.27 bits per heavy atom. The summed E-state index contributed by atoms with van der Waals surface area (Å²) in [5.41, 5.74) is 5.10. The van der Waals surface area contributed by atoms with Gasteiger partial charge in [-0.25, -0.2) is 4.98 Å². The molecule has 0 aliphatic rings. The van der Waals surface area contributed by atoms with Crippen LogP contribution >= 0.6 is 0 Å². The van der Waals surface area contributed by atoms with Crippen molar-refractivity contribution in [3.63, 3.8) is 0 Å². The molecule has 1 aromatic heterocycles. The van der Waals surface area contributed by atoms with Crippen molar-refractivity contribution in [2.75, 3.05) is 11.4 Å². The van der Waals surface area contributed by atoms with Crippen LogP contribution in [0.3, 0.4) is 0 Å². The van der Waals surface area contributed by atoms with Gasteiger partial charge in [0.1, 0.15) is 5.82 Å². The molecule has 0 fully saturated rings. The van der Waals surface area contributed by atoms with Gasteiger partial charge in [-0.1, -0.05) is 6.07 Å². The van der Waals surface area contributed by atoms with E-state index in [-0.39, 0.29) is 12.6 Å². The van der Waals surface area contributed by atoms with Crippen LogP contribution in [0.1, 0.15) is 13.8 Å². The fraction of sp³-hybridized carbons (Fsp3) is 0.400. The molecule has 0 atom stereocenters. The van der Waals surface area contributed by atoms with E-state index in [2.05, 4.69) is 4.98 Å². The largest absolute Gasteiger partial charge is 0.368 e. The van der Waals surface area contributed by atoms with Crippen molar-refractivity contribution < 1.29 is 9.18 Å². The number of rotatable bonds is 4. The number of primary amides is 1. The Hall–Kier alpha value is -1.65. The number of nitrogens with zero attached hydrogens (tertiary/aromatic N) is 2. The lowest BCUT2D eigenvalue weighted by atomic mass is 10.3. The first kappa shape index (κ1) is 11.4. The average Bonchev–Trinajstić information content (AvgIpc) is 2.13. The first-order valence-electron chi connectivity index (χ1n) is 4.68. The number of aromatic nitrogens is 1. The van der Waals surface area contributed by atoms with E-state index in [1.54, 1.807) is 17.0 Å². The Kier molecular flexibility index (Phi) is 3.60. The Morgan fingerprint density at radius 1 is 1.60 bits per heavy atom. The second-order valence-electron chi connectivity index (χ2n) is 3.51. The number of hydrogen-bond donors (Lipinski definition) is 1. The smallest absolute Gasteiger partial charge is 0.237 e. The summed E-state index contributed by atoms with van der Waals surface area (Å²) >= 11 is 0. The van der Waals surface area contributed by atoms with Crippen LogP contribution in [-0.2, 0) is 4.79 Å². The predicted octanol–water partition coefficient (Wildman–Crippen LogP) is 0.921. The van der Waals surface area contributed by atoms with Crippen LogP contribution in [0.25, 0.3) is 0 Å². The van der Waals surface area contributed by atoms with E-state index in [4.69, 9.17) is 5.73 Å². The van der Waals surface area contributed by atoms with E-state index in [1.807, 2.05) is 13.8 Å². The molecule has 15 heavy (non-hydrogen) atoms. The van der Waals surface area contributed by atoms with E-state index in [9.17, 15) is 9.18 Å². The summed E-state index contributed by atoms with van der Waals surface area (Å²) in [6.45, 7) is 3.80. The van der Waals surface area contributed by atoms with Gasteiger partial charge in [-0.2, -0.15) is 4.39 Å². The highest BCUT2D eigenvalue weighted by molar-refractivity contribution is 5.79. The molecule has 1 amide bonds. The summed E-state index contributed by atoms with van der Waals surface area (Å²) in [5.74, 6) is -0.610. The lowest BCUT2D eigenvalue weighted by molar-refractivity contribution is -0.116. The molecule has 0 saturated carbocycles. The van der Waals surface area contributed by atoms with Crippen molar-refractivity contribution in [3.05, 3.63) is 24.1 Å². The van der Waals surface area contributed by atoms with Gasteiger partial charge in [-0.3, -0.25) is 4.79 Å². The van der Waals surface area contributed by atoms with Gasteiger partial charge < -0.3 is 10.6 Å². The van der Waals surface area contributed by atoms with E-state index in [0.29, 0.717) is 5.82 Å². The summed E-state index contributed by atoms with van der Waals surface area (Å²) < 4.78 is 12.9. The SMILES string of the molecule is CC(C)N(CC(N)=O)c1cccc(F)n1.